The predicted molar refractivity (Wildman–Crippen MR) is 150 cm³/mol. The van der Waals surface area contributed by atoms with E-state index < -0.39 is 0 Å². The van der Waals surface area contributed by atoms with Crippen molar-refractivity contribution in [1.29, 1.82) is 0 Å². The van der Waals surface area contributed by atoms with E-state index in [0.717, 1.165) is 86.0 Å². The monoisotopic (exact) mass is 506 g/mol. The van der Waals surface area contributed by atoms with E-state index in [2.05, 4.69) is 60.6 Å². The van der Waals surface area contributed by atoms with Crippen LogP contribution >= 0.6 is 0 Å². The standard InChI is InChI=1S/C30H42N4O3/c1-4-5-17-33(2)28-16-11-24(19-27(28)32-29(35)22-9-10-22)23-8-6-7-21(18-23)20-34(30(36)37-3)26-14-12-25(31)13-15-26/h6-8,11,16,18-19,22,25-26H,4-5,9-10,12-15,17,20,31H2,1-3H3,(H,32,35). The third-order valence-electron chi connectivity index (χ3n) is 7.67. The van der Waals surface area contributed by atoms with Crippen LogP contribution in [0.25, 0.3) is 11.1 Å². The molecular weight excluding hydrogens is 464 g/mol. The zero-order chi connectivity index (χ0) is 26.4. The van der Waals surface area contributed by atoms with Gasteiger partial charge in [-0.15, -0.1) is 0 Å². The summed E-state index contributed by atoms with van der Waals surface area (Å²) in [7, 11) is 3.52. The van der Waals surface area contributed by atoms with Crippen molar-refractivity contribution >= 4 is 23.4 Å². The molecule has 200 valence electrons. The molecule has 0 aliphatic heterocycles. The van der Waals surface area contributed by atoms with Gasteiger partial charge < -0.3 is 25.6 Å². The van der Waals surface area contributed by atoms with Gasteiger partial charge in [0.1, 0.15) is 0 Å². The van der Waals surface area contributed by atoms with Gasteiger partial charge in [0.05, 0.1) is 18.5 Å². The molecule has 7 heteroatoms. The van der Waals surface area contributed by atoms with E-state index in [1.54, 1.807) is 0 Å². The fourth-order valence-corrected chi connectivity index (χ4v) is 5.16. The quantitative estimate of drug-likeness (QED) is 0.427. The van der Waals surface area contributed by atoms with E-state index in [-0.39, 0.29) is 30.0 Å². The van der Waals surface area contributed by atoms with Gasteiger partial charge in [-0.05, 0) is 79.8 Å². The first kappa shape index (κ1) is 27.0. The lowest BCUT2D eigenvalue weighted by Gasteiger charge is -2.35. The summed E-state index contributed by atoms with van der Waals surface area (Å²) < 4.78 is 5.13. The Morgan fingerprint density at radius 3 is 2.43 bits per heavy atom. The lowest BCUT2D eigenvalue weighted by Crippen LogP contribution is -2.43. The van der Waals surface area contributed by atoms with Gasteiger partial charge in [-0.2, -0.15) is 0 Å². The topological polar surface area (TPSA) is 87.9 Å². The van der Waals surface area contributed by atoms with E-state index in [1.165, 1.54) is 7.11 Å². The minimum absolute atomic E-state index is 0.108. The van der Waals surface area contributed by atoms with Crippen LogP contribution in [0.3, 0.4) is 0 Å². The molecule has 2 amide bonds. The second kappa shape index (κ2) is 12.5. The largest absolute Gasteiger partial charge is 0.453 e. The third-order valence-corrected chi connectivity index (χ3v) is 7.67. The van der Waals surface area contributed by atoms with Gasteiger partial charge in [0.2, 0.25) is 5.91 Å². The first-order valence-corrected chi connectivity index (χ1v) is 13.7. The van der Waals surface area contributed by atoms with Gasteiger partial charge >= 0.3 is 6.09 Å². The van der Waals surface area contributed by atoms with Crippen molar-refractivity contribution in [2.75, 3.05) is 30.9 Å². The molecule has 2 saturated carbocycles. The number of rotatable bonds is 10. The average Bonchev–Trinajstić information content (AvgIpc) is 3.76. The number of nitrogens with zero attached hydrogens (tertiary/aromatic N) is 2. The number of nitrogens with one attached hydrogen (secondary N) is 1. The molecule has 2 aliphatic rings. The summed E-state index contributed by atoms with van der Waals surface area (Å²) in [5.74, 6) is 0.247. The second-order valence-corrected chi connectivity index (χ2v) is 10.6. The molecule has 7 nitrogen and oxygen atoms in total. The Morgan fingerprint density at radius 2 is 1.76 bits per heavy atom. The second-order valence-electron chi connectivity index (χ2n) is 10.6. The molecule has 0 radical (unpaired) electrons. The van der Waals surface area contributed by atoms with Gasteiger partial charge in [0.25, 0.3) is 0 Å². The minimum atomic E-state index is -0.296. The normalized spacial score (nSPS) is 19.2. The maximum atomic E-state index is 12.7. The lowest BCUT2D eigenvalue weighted by atomic mass is 9.90. The number of amides is 2. The fraction of sp³-hybridized carbons (Fsp3) is 0.533. The van der Waals surface area contributed by atoms with Gasteiger partial charge in [-0.3, -0.25) is 4.79 Å². The molecule has 2 aromatic rings. The zero-order valence-electron chi connectivity index (χ0n) is 22.5. The molecule has 0 saturated heterocycles. The van der Waals surface area contributed by atoms with Gasteiger partial charge in [-0.1, -0.05) is 37.6 Å². The molecule has 0 heterocycles. The molecule has 2 aliphatic carbocycles. The van der Waals surface area contributed by atoms with Crippen LogP contribution in [-0.4, -0.2) is 49.7 Å². The van der Waals surface area contributed by atoms with Crippen LogP contribution in [0.1, 0.15) is 63.9 Å². The smallest absolute Gasteiger partial charge is 0.410 e. The Bertz CT molecular complexity index is 1080. The number of anilines is 2. The van der Waals surface area contributed by atoms with Crippen molar-refractivity contribution in [3.8, 4) is 11.1 Å². The Morgan fingerprint density at radius 1 is 1.03 bits per heavy atom. The number of methoxy groups -OCH3 is 1. The minimum Gasteiger partial charge on any atom is -0.453 e. The highest BCUT2D eigenvalue weighted by Gasteiger charge is 2.30. The van der Waals surface area contributed by atoms with E-state index in [0.29, 0.717) is 6.54 Å². The highest BCUT2D eigenvalue weighted by molar-refractivity contribution is 5.98. The number of nitrogens with two attached hydrogens (primary N) is 1. The molecule has 4 rings (SSSR count). The molecule has 0 bridgehead atoms. The Balaban J connectivity index is 1.58. The van der Waals surface area contributed by atoms with Crippen LogP contribution in [0.2, 0.25) is 0 Å². The molecule has 0 aromatic heterocycles. The Labute approximate surface area is 221 Å². The molecule has 0 spiro atoms. The maximum Gasteiger partial charge on any atom is 0.410 e. The van der Waals surface area contributed by atoms with Gasteiger partial charge in [-0.25, -0.2) is 4.79 Å². The number of ether oxygens (including phenoxy) is 1. The Hall–Kier alpha value is -3.06. The maximum absolute atomic E-state index is 12.7. The molecular formula is C30H42N4O3. The third kappa shape index (κ3) is 7.04. The van der Waals surface area contributed by atoms with Gasteiger partial charge in [0, 0.05) is 38.1 Å². The van der Waals surface area contributed by atoms with Crippen molar-refractivity contribution < 1.29 is 14.3 Å². The summed E-state index contributed by atoms with van der Waals surface area (Å²) in [4.78, 5) is 29.4. The van der Waals surface area contributed by atoms with Crippen molar-refractivity contribution in [3.05, 3.63) is 48.0 Å². The summed E-state index contributed by atoms with van der Waals surface area (Å²) >= 11 is 0. The van der Waals surface area contributed by atoms with Gasteiger partial charge in [0.15, 0.2) is 0 Å². The first-order valence-electron chi connectivity index (χ1n) is 13.7. The molecule has 0 atom stereocenters. The summed E-state index contributed by atoms with van der Waals surface area (Å²) in [5.41, 5.74) is 11.1. The average molecular weight is 507 g/mol. The van der Waals surface area contributed by atoms with E-state index in [4.69, 9.17) is 10.5 Å². The summed E-state index contributed by atoms with van der Waals surface area (Å²) in [5, 5.41) is 3.20. The molecule has 0 unspecified atom stereocenters. The number of hydrogen-bond acceptors (Lipinski definition) is 5. The number of hydrogen-bond donors (Lipinski definition) is 2. The number of carbonyl (C=O) groups is 2. The highest BCUT2D eigenvalue weighted by Crippen LogP contribution is 2.35. The zero-order valence-corrected chi connectivity index (χ0v) is 22.5. The van der Waals surface area contributed by atoms with E-state index >= 15 is 0 Å². The molecule has 3 N–H and O–H groups in total. The summed E-state index contributed by atoms with van der Waals surface area (Å²) in [6.45, 7) is 3.61. The fourth-order valence-electron chi connectivity index (χ4n) is 5.16. The highest BCUT2D eigenvalue weighted by atomic mass is 16.5. The van der Waals surface area contributed by atoms with Crippen molar-refractivity contribution in [2.24, 2.45) is 11.7 Å². The predicted octanol–water partition coefficient (Wildman–Crippen LogP) is 5.78. The molecule has 37 heavy (non-hydrogen) atoms. The summed E-state index contributed by atoms with van der Waals surface area (Å²) in [6.07, 6.45) is 7.50. The van der Waals surface area contributed by atoms with Crippen LogP contribution in [0.15, 0.2) is 42.5 Å². The number of carbonyl (C=O) groups excluding carboxylic acids is 2. The van der Waals surface area contributed by atoms with Crippen LogP contribution in [0.5, 0.6) is 0 Å². The van der Waals surface area contributed by atoms with Crippen molar-refractivity contribution in [2.45, 2.75) is 76.9 Å². The van der Waals surface area contributed by atoms with Crippen molar-refractivity contribution in [3.63, 3.8) is 0 Å². The number of unbranched alkanes of at least 4 members (excludes halogenated alkanes) is 1. The molecule has 2 aromatic carbocycles. The summed E-state index contributed by atoms with van der Waals surface area (Å²) in [6, 6.07) is 14.9. The van der Waals surface area contributed by atoms with Crippen LogP contribution in [-0.2, 0) is 16.1 Å². The Kier molecular flexibility index (Phi) is 9.09. The van der Waals surface area contributed by atoms with Crippen LogP contribution in [0, 0.1) is 5.92 Å². The lowest BCUT2D eigenvalue weighted by molar-refractivity contribution is -0.117. The first-order chi connectivity index (χ1) is 17.9. The SMILES string of the molecule is CCCCN(C)c1ccc(-c2cccc(CN(C(=O)OC)C3CCC(N)CC3)c2)cc1NC(=O)C1CC1. The van der Waals surface area contributed by atoms with Crippen LogP contribution in [0.4, 0.5) is 16.2 Å². The van der Waals surface area contributed by atoms with E-state index in [9.17, 15) is 9.59 Å². The number of benzene rings is 2. The van der Waals surface area contributed by atoms with E-state index in [1.807, 2.05) is 11.0 Å². The molecule has 2 fully saturated rings. The van der Waals surface area contributed by atoms with Crippen LogP contribution < -0.4 is 16.0 Å². The van der Waals surface area contributed by atoms with Crippen molar-refractivity contribution in [1.82, 2.24) is 4.90 Å².